The Morgan fingerprint density at radius 2 is 1.78 bits per heavy atom. The van der Waals surface area contributed by atoms with Gasteiger partial charge in [0.25, 0.3) is 0 Å². The molecule has 2 N–H and O–H groups in total. The zero-order valence-corrected chi connectivity index (χ0v) is 11.2. The first-order valence-electron chi connectivity index (χ1n) is 7.17. The Morgan fingerprint density at radius 3 is 2.50 bits per heavy atom. The molecular weight excluding hydrogens is 224 g/mol. The van der Waals surface area contributed by atoms with E-state index in [1.165, 1.54) is 42.4 Å². The molecule has 18 heavy (non-hydrogen) atoms. The van der Waals surface area contributed by atoms with Gasteiger partial charge in [0.15, 0.2) is 0 Å². The van der Waals surface area contributed by atoms with Crippen LogP contribution in [0.4, 0.5) is 0 Å². The number of rotatable bonds is 5. The summed E-state index contributed by atoms with van der Waals surface area (Å²) in [5, 5.41) is 19.3. The highest BCUT2D eigenvalue weighted by atomic mass is 16.3. The van der Waals surface area contributed by atoms with Crippen molar-refractivity contribution in [2.45, 2.75) is 64.1 Å². The fourth-order valence-corrected chi connectivity index (χ4v) is 2.72. The quantitative estimate of drug-likeness (QED) is 0.841. The number of aryl methyl sites for hydroxylation is 3. The van der Waals surface area contributed by atoms with E-state index in [0.29, 0.717) is 12.8 Å². The smallest absolute Gasteiger partial charge is 0.0802 e. The zero-order chi connectivity index (χ0) is 13.0. The average Bonchev–Trinajstić information content (AvgIpc) is 2.43. The number of hydrogen-bond donors (Lipinski definition) is 2. The minimum absolute atomic E-state index is 0.581. The van der Waals surface area contributed by atoms with Crippen LogP contribution in [-0.2, 0) is 19.3 Å². The third-order valence-electron chi connectivity index (χ3n) is 4.00. The van der Waals surface area contributed by atoms with Crippen LogP contribution in [0.2, 0.25) is 0 Å². The fourth-order valence-electron chi connectivity index (χ4n) is 2.72. The van der Waals surface area contributed by atoms with Crippen LogP contribution in [0.25, 0.3) is 0 Å². The number of aliphatic hydroxyl groups is 2. The van der Waals surface area contributed by atoms with Crippen LogP contribution >= 0.6 is 0 Å². The molecule has 0 amide bonds. The van der Waals surface area contributed by atoms with Gasteiger partial charge in [-0.15, -0.1) is 0 Å². The summed E-state index contributed by atoms with van der Waals surface area (Å²) in [7, 11) is 0. The van der Waals surface area contributed by atoms with E-state index in [9.17, 15) is 10.2 Å². The van der Waals surface area contributed by atoms with Gasteiger partial charge in [-0.25, -0.2) is 0 Å². The molecule has 100 valence electrons. The van der Waals surface area contributed by atoms with Crippen molar-refractivity contribution in [1.29, 1.82) is 0 Å². The van der Waals surface area contributed by atoms with Gasteiger partial charge in [-0.3, -0.25) is 0 Å². The lowest BCUT2D eigenvalue weighted by Crippen LogP contribution is -2.25. The molecule has 1 aromatic rings. The van der Waals surface area contributed by atoms with Crippen molar-refractivity contribution < 1.29 is 10.2 Å². The molecule has 0 bridgehead atoms. The lowest BCUT2D eigenvalue weighted by atomic mass is 9.89. The Labute approximate surface area is 110 Å². The molecule has 2 atom stereocenters. The highest BCUT2D eigenvalue weighted by Crippen LogP contribution is 2.23. The number of benzene rings is 1. The van der Waals surface area contributed by atoms with Gasteiger partial charge in [0.2, 0.25) is 0 Å². The maximum atomic E-state index is 9.77. The minimum atomic E-state index is -0.592. The van der Waals surface area contributed by atoms with Crippen LogP contribution in [-0.4, -0.2) is 22.4 Å². The Bertz CT molecular complexity index is 387. The van der Waals surface area contributed by atoms with E-state index in [1.54, 1.807) is 0 Å². The maximum Gasteiger partial charge on any atom is 0.0802 e. The molecule has 0 spiro atoms. The van der Waals surface area contributed by atoms with Crippen molar-refractivity contribution in [3.63, 3.8) is 0 Å². The Balaban J connectivity index is 1.94. The fraction of sp³-hybridized carbons (Fsp3) is 0.625. The molecule has 0 saturated heterocycles. The molecule has 2 nitrogen and oxygen atoms in total. The molecule has 1 aliphatic carbocycles. The molecule has 0 aliphatic heterocycles. The molecule has 0 saturated carbocycles. The van der Waals surface area contributed by atoms with Crippen molar-refractivity contribution >= 4 is 0 Å². The van der Waals surface area contributed by atoms with Gasteiger partial charge in [0.1, 0.15) is 0 Å². The van der Waals surface area contributed by atoms with Gasteiger partial charge >= 0.3 is 0 Å². The Hall–Kier alpha value is -0.860. The standard InChI is InChI=1S/C16H24O2/c1-2-15(17)16(18)10-8-12-7-9-13-5-3-4-6-14(13)11-12/h7,9,11,15-18H,2-6,8,10H2,1H3. The van der Waals surface area contributed by atoms with Crippen LogP contribution in [0.3, 0.4) is 0 Å². The number of aliphatic hydroxyl groups excluding tert-OH is 2. The molecule has 0 heterocycles. The summed E-state index contributed by atoms with van der Waals surface area (Å²) in [6.45, 7) is 1.90. The van der Waals surface area contributed by atoms with Gasteiger partial charge in [-0.05, 0) is 61.6 Å². The minimum Gasteiger partial charge on any atom is -0.390 e. The summed E-state index contributed by atoms with van der Waals surface area (Å²) in [6.07, 6.45) is 5.97. The van der Waals surface area contributed by atoms with Crippen LogP contribution in [0, 0.1) is 0 Å². The normalized spacial score (nSPS) is 18.2. The first-order chi connectivity index (χ1) is 8.70. The van der Waals surface area contributed by atoms with Gasteiger partial charge in [0.05, 0.1) is 12.2 Å². The van der Waals surface area contributed by atoms with Crippen LogP contribution in [0.1, 0.15) is 49.3 Å². The second-order valence-corrected chi connectivity index (χ2v) is 5.39. The number of fused-ring (bicyclic) bond motifs is 1. The zero-order valence-electron chi connectivity index (χ0n) is 11.2. The first kappa shape index (κ1) is 13.6. The molecule has 0 radical (unpaired) electrons. The summed E-state index contributed by atoms with van der Waals surface area (Å²) < 4.78 is 0. The molecular formula is C16H24O2. The second-order valence-electron chi connectivity index (χ2n) is 5.39. The van der Waals surface area contributed by atoms with E-state index in [-0.39, 0.29) is 0 Å². The predicted molar refractivity (Wildman–Crippen MR) is 73.7 cm³/mol. The highest BCUT2D eigenvalue weighted by molar-refractivity contribution is 5.33. The molecule has 2 rings (SSSR count). The third kappa shape index (κ3) is 3.33. The van der Waals surface area contributed by atoms with Crippen molar-refractivity contribution in [3.05, 3.63) is 34.9 Å². The number of hydrogen-bond acceptors (Lipinski definition) is 2. The predicted octanol–water partition coefficient (Wildman–Crippen LogP) is 2.63. The third-order valence-corrected chi connectivity index (χ3v) is 4.00. The lowest BCUT2D eigenvalue weighted by Gasteiger charge is -2.18. The molecule has 0 fully saturated rings. The maximum absolute atomic E-state index is 9.77. The first-order valence-corrected chi connectivity index (χ1v) is 7.17. The van der Waals surface area contributed by atoms with Crippen molar-refractivity contribution in [1.82, 2.24) is 0 Å². The van der Waals surface area contributed by atoms with Crippen LogP contribution in [0.5, 0.6) is 0 Å². The van der Waals surface area contributed by atoms with Crippen LogP contribution in [0.15, 0.2) is 18.2 Å². The molecule has 1 aliphatic rings. The summed E-state index contributed by atoms with van der Waals surface area (Å²) in [4.78, 5) is 0. The van der Waals surface area contributed by atoms with Crippen molar-refractivity contribution in [3.8, 4) is 0 Å². The van der Waals surface area contributed by atoms with Crippen molar-refractivity contribution in [2.24, 2.45) is 0 Å². The van der Waals surface area contributed by atoms with E-state index < -0.39 is 12.2 Å². The molecule has 2 unspecified atom stereocenters. The Kier molecular flexibility index (Phi) is 4.79. The second kappa shape index (κ2) is 6.35. The Morgan fingerprint density at radius 1 is 1.06 bits per heavy atom. The monoisotopic (exact) mass is 248 g/mol. The van der Waals surface area contributed by atoms with E-state index in [1.807, 2.05) is 6.92 Å². The summed E-state index contributed by atoms with van der Waals surface area (Å²) in [5.74, 6) is 0. The average molecular weight is 248 g/mol. The van der Waals surface area contributed by atoms with Crippen LogP contribution < -0.4 is 0 Å². The molecule has 1 aromatic carbocycles. The summed E-state index contributed by atoms with van der Waals surface area (Å²) >= 11 is 0. The molecule has 2 heteroatoms. The van der Waals surface area contributed by atoms with Gasteiger partial charge < -0.3 is 10.2 Å². The summed E-state index contributed by atoms with van der Waals surface area (Å²) in [5.41, 5.74) is 4.28. The molecule has 0 aromatic heterocycles. The van der Waals surface area contributed by atoms with Crippen molar-refractivity contribution in [2.75, 3.05) is 0 Å². The van der Waals surface area contributed by atoms with E-state index >= 15 is 0 Å². The van der Waals surface area contributed by atoms with Gasteiger partial charge in [0, 0.05) is 0 Å². The van der Waals surface area contributed by atoms with Gasteiger partial charge in [-0.1, -0.05) is 25.1 Å². The van der Waals surface area contributed by atoms with Gasteiger partial charge in [-0.2, -0.15) is 0 Å². The summed E-state index contributed by atoms with van der Waals surface area (Å²) in [6, 6.07) is 6.71. The van der Waals surface area contributed by atoms with E-state index in [4.69, 9.17) is 0 Å². The SMILES string of the molecule is CCC(O)C(O)CCc1ccc2c(c1)CCCC2. The van der Waals surface area contributed by atoms with E-state index in [2.05, 4.69) is 18.2 Å². The largest absolute Gasteiger partial charge is 0.390 e. The topological polar surface area (TPSA) is 40.5 Å². The van der Waals surface area contributed by atoms with E-state index in [0.717, 1.165) is 6.42 Å². The highest BCUT2D eigenvalue weighted by Gasteiger charge is 2.14. The lowest BCUT2D eigenvalue weighted by molar-refractivity contribution is 0.0130.